The average molecular weight is 147 g/mol. The van der Waals surface area contributed by atoms with E-state index in [1.807, 2.05) is 0 Å². The fourth-order valence-electron chi connectivity index (χ4n) is 0.436. The Kier molecular flexibility index (Phi) is 3.42. The van der Waals surface area contributed by atoms with Gasteiger partial charge in [0.15, 0.2) is 0 Å². The van der Waals surface area contributed by atoms with E-state index in [-0.39, 0.29) is 0 Å². The fourth-order valence-corrected chi connectivity index (χ4v) is 0.436. The first-order valence-corrected chi connectivity index (χ1v) is 2.53. The second-order valence-corrected chi connectivity index (χ2v) is 1.54. The molecule has 0 aliphatic heterocycles. The predicted molar refractivity (Wildman–Crippen MR) is 32.0 cm³/mol. The molecule has 0 rings (SSSR count). The normalized spacial score (nSPS) is 12.2. The Hall–Kier alpha value is -1.10. The Balaban J connectivity index is 4.06. The maximum Gasteiger partial charge on any atom is 0.344 e. The van der Waals surface area contributed by atoms with Crippen LogP contribution in [0.5, 0.6) is 0 Å². The van der Waals surface area contributed by atoms with Crippen molar-refractivity contribution in [2.24, 2.45) is 5.73 Å². The van der Waals surface area contributed by atoms with Crippen molar-refractivity contribution < 1.29 is 19.1 Å². The van der Waals surface area contributed by atoms with Crippen molar-refractivity contribution in [3.8, 4) is 0 Å². The minimum absolute atomic E-state index is 0.782. The molecule has 1 atom stereocenters. The van der Waals surface area contributed by atoms with E-state index < -0.39 is 18.0 Å². The number of esters is 1. The van der Waals surface area contributed by atoms with Gasteiger partial charge in [0.2, 0.25) is 6.10 Å². The number of nitrogens with two attached hydrogens (primary N) is 1. The lowest BCUT2D eigenvalue weighted by atomic mass is 10.3. The van der Waals surface area contributed by atoms with Crippen molar-refractivity contribution in [3.63, 3.8) is 0 Å². The largest absolute Gasteiger partial charge is 0.467 e. The van der Waals surface area contributed by atoms with Crippen LogP contribution in [0.1, 0.15) is 0 Å². The number of carbonyl (C=O) groups excluding carboxylic acids is 2. The van der Waals surface area contributed by atoms with E-state index in [0.29, 0.717) is 0 Å². The van der Waals surface area contributed by atoms with Crippen molar-refractivity contribution in [1.82, 2.24) is 0 Å². The Morgan fingerprint density at radius 1 is 1.40 bits per heavy atom. The predicted octanol–water partition coefficient (Wildman–Crippen LogP) is -1.34. The molecule has 0 saturated carbocycles. The number of carbonyl (C=O) groups is 2. The third-order valence-electron chi connectivity index (χ3n) is 0.909. The molecule has 5 heteroatoms. The first-order chi connectivity index (χ1) is 4.63. The molecule has 0 fully saturated rings. The van der Waals surface area contributed by atoms with Gasteiger partial charge >= 0.3 is 5.97 Å². The van der Waals surface area contributed by atoms with Crippen LogP contribution in [0.2, 0.25) is 0 Å². The van der Waals surface area contributed by atoms with Gasteiger partial charge in [-0.2, -0.15) is 0 Å². The summed E-state index contributed by atoms with van der Waals surface area (Å²) in [4.78, 5) is 20.9. The van der Waals surface area contributed by atoms with Crippen LogP contribution in [0.25, 0.3) is 0 Å². The lowest BCUT2D eigenvalue weighted by Gasteiger charge is -2.06. The molecule has 0 heterocycles. The Morgan fingerprint density at radius 2 is 1.90 bits per heavy atom. The van der Waals surface area contributed by atoms with Crippen LogP contribution < -0.4 is 5.73 Å². The summed E-state index contributed by atoms with van der Waals surface area (Å²) in [6.45, 7) is 0. The SMILES string of the molecule is COC(=O)C(OC)C(N)=O. The minimum atomic E-state index is -1.29. The molecule has 0 radical (unpaired) electrons. The molecular formula is C5H9NO4. The van der Waals surface area contributed by atoms with Crippen LogP contribution in [0.3, 0.4) is 0 Å². The number of methoxy groups -OCH3 is 2. The molecule has 1 amide bonds. The van der Waals surface area contributed by atoms with E-state index in [4.69, 9.17) is 5.73 Å². The summed E-state index contributed by atoms with van der Waals surface area (Å²) in [5, 5.41) is 0. The van der Waals surface area contributed by atoms with Gasteiger partial charge in [-0.25, -0.2) is 4.79 Å². The molecule has 0 aromatic heterocycles. The highest BCUT2D eigenvalue weighted by molar-refractivity contribution is 5.99. The van der Waals surface area contributed by atoms with Gasteiger partial charge in [0, 0.05) is 7.11 Å². The van der Waals surface area contributed by atoms with E-state index in [1.165, 1.54) is 7.11 Å². The zero-order valence-electron chi connectivity index (χ0n) is 5.79. The highest BCUT2D eigenvalue weighted by Gasteiger charge is 2.23. The number of hydrogen-bond acceptors (Lipinski definition) is 4. The van der Waals surface area contributed by atoms with E-state index >= 15 is 0 Å². The molecule has 1 unspecified atom stereocenters. The van der Waals surface area contributed by atoms with Crippen molar-refractivity contribution in [2.45, 2.75) is 6.10 Å². The van der Waals surface area contributed by atoms with Gasteiger partial charge in [-0.1, -0.05) is 0 Å². The Bertz CT molecular complexity index is 145. The first kappa shape index (κ1) is 8.90. The van der Waals surface area contributed by atoms with Gasteiger partial charge in [0.05, 0.1) is 7.11 Å². The standard InChI is InChI=1S/C5H9NO4/c1-9-3(4(6)7)5(8)10-2/h3H,1-2H3,(H2,6,7). The number of hydrogen-bond donors (Lipinski definition) is 1. The molecule has 0 aromatic carbocycles. The van der Waals surface area contributed by atoms with Crippen molar-refractivity contribution in [2.75, 3.05) is 14.2 Å². The van der Waals surface area contributed by atoms with Crippen molar-refractivity contribution in [1.29, 1.82) is 0 Å². The van der Waals surface area contributed by atoms with Crippen LogP contribution in [0, 0.1) is 0 Å². The van der Waals surface area contributed by atoms with E-state index in [9.17, 15) is 9.59 Å². The summed E-state index contributed by atoms with van der Waals surface area (Å²) in [6.07, 6.45) is -1.29. The topological polar surface area (TPSA) is 78.6 Å². The first-order valence-electron chi connectivity index (χ1n) is 2.53. The molecule has 5 nitrogen and oxygen atoms in total. The van der Waals surface area contributed by atoms with Crippen LogP contribution in [-0.2, 0) is 19.1 Å². The second kappa shape index (κ2) is 3.84. The molecule has 0 aromatic rings. The second-order valence-electron chi connectivity index (χ2n) is 1.54. The van der Waals surface area contributed by atoms with Gasteiger partial charge in [0.25, 0.3) is 5.91 Å². The monoisotopic (exact) mass is 147 g/mol. The number of rotatable bonds is 3. The maximum absolute atomic E-state index is 10.5. The average Bonchev–Trinajstić information content (AvgIpc) is 1.88. The smallest absolute Gasteiger partial charge is 0.344 e. The minimum Gasteiger partial charge on any atom is -0.467 e. The summed E-state index contributed by atoms with van der Waals surface area (Å²) in [5.74, 6) is -1.63. The summed E-state index contributed by atoms with van der Waals surface area (Å²) in [5.41, 5.74) is 4.76. The molecule has 0 saturated heterocycles. The fraction of sp³-hybridized carbons (Fsp3) is 0.600. The summed E-state index contributed by atoms with van der Waals surface area (Å²) >= 11 is 0. The van der Waals surface area contributed by atoms with E-state index in [0.717, 1.165) is 7.11 Å². The highest BCUT2D eigenvalue weighted by atomic mass is 16.6. The van der Waals surface area contributed by atoms with Gasteiger partial charge in [-0.15, -0.1) is 0 Å². The van der Waals surface area contributed by atoms with E-state index in [1.54, 1.807) is 0 Å². The molecule has 2 N–H and O–H groups in total. The van der Waals surface area contributed by atoms with Crippen molar-refractivity contribution in [3.05, 3.63) is 0 Å². The molecule has 0 bridgehead atoms. The summed E-state index contributed by atoms with van der Waals surface area (Å²) < 4.78 is 8.62. The van der Waals surface area contributed by atoms with E-state index in [2.05, 4.69) is 9.47 Å². The quantitative estimate of drug-likeness (QED) is 0.396. The Labute approximate surface area is 58.1 Å². The van der Waals surface area contributed by atoms with Gasteiger partial charge < -0.3 is 15.2 Å². The third-order valence-corrected chi connectivity index (χ3v) is 0.909. The summed E-state index contributed by atoms with van der Waals surface area (Å²) in [7, 11) is 2.35. The molecule has 10 heavy (non-hydrogen) atoms. The lowest BCUT2D eigenvalue weighted by Crippen LogP contribution is -2.38. The molecule has 0 spiro atoms. The zero-order chi connectivity index (χ0) is 8.15. The van der Waals surface area contributed by atoms with Gasteiger partial charge in [0.1, 0.15) is 0 Å². The van der Waals surface area contributed by atoms with Crippen LogP contribution >= 0.6 is 0 Å². The van der Waals surface area contributed by atoms with Gasteiger partial charge in [-0.05, 0) is 0 Å². The molecule has 0 aliphatic carbocycles. The Morgan fingerprint density at radius 3 is 2.00 bits per heavy atom. The number of ether oxygens (including phenoxy) is 2. The van der Waals surface area contributed by atoms with Crippen LogP contribution in [0.4, 0.5) is 0 Å². The zero-order valence-corrected chi connectivity index (χ0v) is 5.79. The van der Waals surface area contributed by atoms with Crippen LogP contribution in [0.15, 0.2) is 0 Å². The lowest BCUT2D eigenvalue weighted by molar-refractivity contribution is -0.156. The third kappa shape index (κ3) is 2.02. The molecular weight excluding hydrogens is 138 g/mol. The highest BCUT2D eigenvalue weighted by Crippen LogP contribution is 1.90. The van der Waals surface area contributed by atoms with Crippen LogP contribution in [-0.4, -0.2) is 32.2 Å². The molecule has 58 valence electrons. The summed E-state index contributed by atoms with van der Waals surface area (Å²) in [6, 6.07) is 0. The maximum atomic E-state index is 10.5. The number of amides is 1. The number of primary amides is 1. The van der Waals surface area contributed by atoms with Gasteiger partial charge in [-0.3, -0.25) is 4.79 Å². The molecule has 0 aliphatic rings. The van der Waals surface area contributed by atoms with Crippen molar-refractivity contribution >= 4 is 11.9 Å².